The van der Waals surface area contributed by atoms with Crippen LogP contribution in [0.3, 0.4) is 0 Å². The number of carbonyl (C=O) groups excluding carboxylic acids is 2. The van der Waals surface area contributed by atoms with Gasteiger partial charge in [-0.3, -0.25) is 14.5 Å². The molecule has 1 unspecified atom stereocenters. The van der Waals surface area contributed by atoms with Crippen molar-refractivity contribution < 1.29 is 19.4 Å². The summed E-state index contributed by atoms with van der Waals surface area (Å²) in [7, 11) is 1.58. The second-order valence-corrected chi connectivity index (χ2v) is 8.61. The smallest absolute Gasteiger partial charge is 0.300 e. The number of methoxy groups -OCH3 is 1. The molecule has 1 amide bonds. The Balaban J connectivity index is 1.97. The lowest BCUT2D eigenvalue weighted by Crippen LogP contribution is -2.29. The molecule has 1 heterocycles. The molecule has 0 spiro atoms. The summed E-state index contributed by atoms with van der Waals surface area (Å²) in [5, 5.41) is 11.4. The van der Waals surface area contributed by atoms with Crippen molar-refractivity contribution >= 4 is 39.1 Å². The van der Waals surface area contributed by atoms with E-state index >= 15 is 0 Å². The molecule has 1 aliphatic rings. The van der Waals surface area contributed by atoms with Crippen LogP contribution in [-0.4, -0.2) is 23.9 Å². The maximum atomic E-state index is 13.2. The fourth-order valence-electron chi connectivity index (χ4n) is 4.09. The molecule has 162 valence electrons. The van der Waals surface area contributed by atoms with Crippen LogP contribution >= 0.6 is 15.9 Å². The first-order chi connectivity index (χ1) is 15.3. The number of nitrogens with zero attached hydrogens (tertiary/aromatic N) is 1. The molecule has 1 N–H and O–H groups in total. The summed E-state index contributed by atoms with van der Waals surface area (Å²) in [5.41, 5.74) is 3.42. The van der Waals surface area contributed by atoms with Gasteiger partial charge in [0.05, 0.1) is 18.7 Å². The summed E-state index contributed by atoms with van der Waals surface area (Å²) in [6, 6.07) is 19.3. The van der Waals surface area contributed by atoms with Crippen LogP contribution in [0.2, 0.25) is 0 Å². The number of hydrogen-bond acceptors (Lipinski definition) is 4. The van der Waals surface area contributed by atoms with Crippen molar-refractivity contribution in [3.8, 4) is 5.75 Å². The van der Waals surface area contributed by atoms with Gasteiger partial charge in [-0.25, -0.2) is 0 Å². The standard InChI is InChI=1S/C26H22BrNO4/c1-15-13-21(32-3)16(2)12-20(15)24(29)22-23(17-8-5-4-6-9-17)28(26(31)25(22)30)19-11-7-10-18(27)14-19/h4-14,23,29H,1-3H3/b24-22+. The number of ketones is 1. The molecule has 0 aliphatic carbocycles. The highest BCUT2D eigenvalue weighted by atomic mass is 79.9. The fraction of sp³-hybridized carbons (Fsp3) is 0.154. The number of Topliss-reactive ketones (excluding diaryl/α,β-unsaturated/α-hetero) is 1. The predicted octanol–water partition coefficient (Wildman–Crippen LogP) is 5.70. The molecule has 1 atom stereocenters. The minimum absolute atomic E-state index is 0.0637. The van der Waals surface area contributed by atoms with Crippen LogP contribution in [0.25, 0.3) is 5.76 Å². The molecule has 1 aliphatic heterocycles. The van der Waals surface area contributed by atoms with Crippen molar-refractivity contribution in [3.63, 3.8) is 0 Å². The highest BCUT2D eigenvalue weighted by Crippen LogP contribution is 2.43. The molecule has 4 rings (SSSR count). The molecule has 1 saturated heterocycles. The summed E-state index contributed by atoms with van der Waals surface area (Å²) in [4.78, 5) is 27.9. The van der Waals surface area contributed by atoms with Crippen LogP contribution in [-0.2, 0) is 9.59 Å². The predicted molar refractivity (Wildman–Crippen MR) is 128 cm³/mol. The van der Waals surface area contributed by atoms with Gasteiger partial charge in [0, 0.05) is 15.7 Å². The van der Waals surface area contributed by atoms with Crippen LogP contribution in [0.1, 0.15) is 28.3 Å². The maximum Gasteiger partial charge on any atom is 0.300 e. The van der Waals surface area contributed by atoms with Crippen molar-refractivity contribution in [1.29, 1.82) is 0 Å². The van der Waals surface area contributed by atoms with Crippen LogP contribution in [0.5, 0.6) is 5.75 Å². The molecule has 0 aromatic heterocycles. The number of aliphatic hydroxyl groups excluding tert-OH is 1. The number of rotatable bonds is 4. The lowest BCUT2D eigenvalue weighted by molar-refractivity contribution is -0.132. The van der Waals surface area contributed by atoms with Crippen LogP contribution in [0.15, 0.2) is 76.8 Å². The summed E-state index contributed by atoms with van der Waals surface area (Å²) in [6.45, 7) is 3.70. The zero-order valence-electron chi connectivity index (χ0n) is 17.9. The fourth-order valence-corrected chi connectivity index (χ4v) is 4.47. The molecule has 0 bridgehead atoms. The Bertz CT molecular complexity index is 1250. The molecule has 0 radical (unpaired) electrons. The van der Waals surface area contributed by atoms with E-state index in [0.29, 0.717) is 17.0 Å². The molecule has 5 nitrogen and oxygen atoms in total. The number of aryl methyl sites for hydroxylation is 2. The number of halogens is 1. The molecule has 3 aromatic rings. The Morgan fingerprint density at radius 1 is 0.969 bits per heavy atom. The van der Waals surface area contributed by atoms with Crippen LogP contribution in [0, 0.1) is 13.8 Å². The second-order valence-electron chi connectivity index (χ2n) is 7.70. The number of aliphatic hydroxyl groups is 1. The van der Waals surface area contributed by atoms with E-state index in [2.05, 4.69) is 15.9 Å². The Labute approximate surface area is 195 Å². The van der Waals surface area contributed by atoms with Crippen molar-refractivity contribution in [2.45, 2.75) is 19.9 Å². The summed E-state index contributed by atoms with van der Waals surface area (Å²) in [6.07, 6.45) is 0. The molecular weight excluding hydrogens is 470 g/mol. The first-order valence-electron chi connectivity index (χ1n) is 10.1. The van der Waals surface area contributed by atoms with E-state index in [4.69, 9.17) is 4.74 Å². The van der Waals surface area contributed by atoms with Crippen molar-refractivity contribution in [1.82, 2.24) is 0 Å². The van der Waals surface area contributed by atoms with E-state index in [9.17, 15) is 14.7 Å². The van der Waals surface area contributed by atoms with Gasteiger partial charge in [-0.2, -0.15) is 0 Å². The molecular formula is C26H22BrNO4. The minimum Gasteiger partial charge on any atom is -0.507 e. The lowest BCUT2D eigenvalue weighted by atomic mass is 9.93. The van der Waals surface area contributed by atoms with Gasteiger partial charge in [0.2, 0.25) is 0 Å². The highest BCUT2D eigenvalue weighted by molar-refractivity contribution is 9.10. The molecule has 32 heavy (non-hydrogen) atoms. The molecule has 1 fully saturated rings. The maximum absolute atomic E-state index is 13.2. The largest absolute Gasteiger partial charge is 0.507 e. The van der Waals surface area contributed by atoms with Gasteiger partial charge in [-0.15, -0.1) is 0 Å². The van der Waals surface area contributed by atoms with Gasteiger partial charge in [0.25, 0.3) is 11.7 Å². The first kappa shape index (κ1) is 21.8. The number of anilines is 1. The van der Waals surface area contributed by atoms with E-state index in [0.717, 1.165) is 21.2 Å². The average molecular weight is 492 g/mol. The van der Waals surface area contributed by atoms with Crippen molar-refractivity contribution in [2.75, 3.05) is 12.0 Å². The van der Waals surface area contributed by atoms with E-state index < -0.39 is 17.7 Å². The number of ether oxygens (including phenoxy) is 1. The zero-order chi connectivity index (χ0) is 23.0. The second kappa shape index (κ2) is 8.63. The SMILES string of the molecule is COc1cc(C)c(/C(O)=C2\C(=O)C(=O)N(c3cccc(Br)c3)C2c2ccccc2)cc1C. The summed E-state index contributed by atoms with van der Waals surface area (Å²) < 4.78 is 6.15. The van der Waals surface area contributed by atoms with Gasteiger partial charge in [-0.1, -0.05) is 52.3 Å². The topological polar surface area (TPSA) is 66.8 Å². The van der Waals surface area contributed by atoms with Gasteiger partial charge >= 0.3 is 0 Å². The van der Waals surface area contributed by atoms with E-state index in [1.54, 1.807) is 31.4 Å². The monoisotopic (exact) mass is 491 g/mol. The molecule has 3 aromatic carbocycles. The van der Waals surface area contributed by atoms with E-state index in [-0.39, 0.29) is 11.3 Å². The number of benzene rings is 3. The van der Waals surface area contributed by atoms with Gasteiger partial charge < -0.3 is 9.84 Å². The Kier molecular flexibility index (Phi) is 5.89. The average Bonchev–Trinajstić information content (AvgIpc) is 3.05. The minimum atomic E-state index is -0.757. The van der Waals surface area contributed by atoms with Gasteiger partial charge in [0.15, 0.2) is 0 Å². The lowest BCUT2D eigenvalue weighted by Gasteiger charge is -2.25. The van der Waals surface area contributed by atoms with Crippen molar-refractivity contribution in [3.05, 3.63) is 99.0 Å². The normalized spacial score (nSPS) is 17.6. The Morgan fingerprint density at radius 3 is 2.34 bits per heavy atom. The van der Waals surface area contributed by atoms with Gasteiger partial charge in [0.1, 0.15) is 11.5 Å². The zero-order valence-corrected chi connectivity index (χ0v) is 19.5. The number of amides is 1. The van der Waals surface area contributed by atoms with E-state index in [1.165, 1.54) is 4.90 Å². The van der Waals surface area contributed by atoms with Crippen LogP contribution < -0.4 is 9.64 Å². The van der Waals surface area contributed by atoms with Gasteiger partial charge in [-0.05, 0) is 60.9 Å². The highest BCUT2D eigenvalue weighted by Gasteiger charge is 2.47. The third-order valence-corrected chi connectivity index (χ3v) is 6.14. The third kappa shape index (κ3) is 3.71. The molecule has 6 heteroatoms. The van der Waals surface area contributed by atoms with Crippen molar-refractivity contribution in [2.24, 2.45) is 0 Å². The quantitative estimate of drug-likeness (QED) is 0.288. The third-order valence-electron chi connectivity index (χ3n) is 5.64. The molecule has 0 saturated carbocycles. The summed E-state index contributed by atoms with van der Waals surface area (Å²) >= 11 is 3.44. The Hall–Kier alpha value is -3.38. The number of carbonyl (C=O) groups is 2. The summed E-state index contributed by atoms with van der Waals surface area (Å²) in [5.74, 6) is -0.906. The number of hydrogen-bond donors (Lipinski definition) is 1. The first-order valence-corrected chi connectivity index (χ1v) is 10.9. The Morgan fingerprint density at radius 2 is 1.69 bits per heavy atom. The van der Waals surface area contributed by atoms with Crippen LogP contribution in [0.4, 0.5) is 5.69 Å². The van der Waals surface area contributed by atoms with E-state index in [1.807, 2.05) is 56.3 Å².